The number of nitrogens with zero attached hydrogens (tertiary/aromatic N) is 3. The molecule has 0 aliphatic heterocycles. The molecule has 2 rings (SSSR count). The summed E-state index contributed by atoms with van der Waals surface area (Å²) in [6, 6.07) is 3.38. The molecule has 0 bridgehead atoms. The molecule has 0 aliphatic rings. The number of hydrogen-bond acceptors (Lipinski definition) is 3. The molecule has 0 saturated heterocycles. The van der Waals surface area contributed by atoms with E-state index in [1.165, 1.54) is 18.2 Å². The maximum Gasteiger partial charge on any atom is 0.130 e. The predicted octanol–water partition coefficient (Wildman–Crippen LogP) is 1.60. The highest BCUT2D eigenvalue weighted by molar-refractivity contribution is 5.24. The lowest BCUT2D eigenvalue weighted by Crippen LogP contribution is -2.21. The number of aromatic nitrogens is 3. The monoisotopic (exact) mass is 252 g/mol. The van der Waals surface area contributed by atoms with Crippen molar-refractivity contribution < 1.29 is 8.78 Å². The molecule has 0 amide bonds. The Morgan fingerprint density at radius 1 is 1.33 bits per heavy atom. The lowest BCUT2D eigenvalue weighted by atomic mass is 10.0. The Balaban J connectivity index is 2.28. The van der Waals surface area contributed by atoms with Gasteiger partial charge in [0.25, 0.3) is 0 Å². The molecule has 18 heavy (non-hydrogen) atoms. The molecule has 1 heterocycles. The van der Waals surface area contributed by atoms with E-state index in [1.54, 1.807) is 25.0 Å². The Morgan fingerprint density at radius 3 is 2.50 bits per heavy atom. The third kappa shape index (κ3) is 2.53. The fourth-order valence-electron chi connectivity index (χ4n) is 1.89. The molecule has 1 unspecified atom stereocenters. The summed E-state index contributed by atoms with van der Waals surface area (Å²) in [5.41, 5.74) is 0.713. The van der Waals surface area contributed by atoms with Crippen molar-refractivity contribution in [2.24, 2.45) is 7.05 Å². The van der Waals surface area contributed by atoms with Crippen molar-refractivity contribution >= 4 is 0 Å². The van der Waals surface area contributed by atoms with Crippen LogP contribution in [0, 0.1) is 11.6 Å². The zero-order valence-electron chi connectivity index (χ0n) is 10.2. The SMILES string of the molecule is CNC(Cc1cn(C)nn1)c1c(F)cccc1F. The molecule has 6 heteroatoms. The molecule has 1 atom stereocenters. The predicted molar refractivity (Wildman–Crippen MR) is 62.9 cm³/mol. The van der Waals surface area contributed by atoms with Gasteiger partial charge in [-0.15, -0.1) is 5.10 Å². The molecule has 4 nitrogen and oxygen atoms in total. The van der Waals surface area contributed by atoms with Crippen molar-refractivity contribution in [1.82, 2.24) is 20.3 Å². The maximum absolute atomic E-state index is 13.7. The minimum absolute atomic E-state index is 0.0330. The molecule has 2 aromatic rings. The topological polar surface area (TPSA) is 42.7 Å². The summed E-state index contributed by atoms with van der Waals surface area (Å²) in [6.07, 6.45) is 2.10. The van der Waals surface area contributed by atoms with E-state index in [1.807, 2.05) is 0 Å². The third-order valence-electron chi connectivity index (χ3n) is 2.76. The number of rotatable bonds is 4. The third-order valence-corrected chi connectivity index (χ3v) is 2.76. The van der Waals surface area contributed by atoms with Gasteiger partial charge in [-0.25, -0.2) is 8.78 Å². The van der Waals surface area contributed by atoms with E-state index >= 15 is 0 Å². The van der Waals surface area contributed by atoms with Gasteiger partial charge in [0.05, 0.1) is 5.69 Å². The van der Waals surface area contributed by atoms with Crippen molar-refractivity contribution in [3.8, 4) is 0 Å². The van der Waals surface area contributed by atoms with Crippen LogP contribution in [-0.4, -0.2) is 22.0 Å². The molecule has 1 N–H and O–H groups in total. The van der Waals surface area contributed by atoms with Crippen LogP contribution in [0.4, 0.5) is 8.78 Å². The van der Waals surface area contributed by atoms with Crippen LogP contribution < -0.4 is 5.32 Å². The molecular formula is C12H14F2N4. The summed E-state index contributed by atoms with van der Waals surface area (Å²) in [5.74, 6) is -1.11. The smallest absolute Gasteiger partial charge is 0.130 e. The van der Waals surface area contributed by atoms with Gasteiger partial charge in [0.1, 0.15) is 11.6 Å². The Labute approximate surface area is 104 Å². The first-order valence-corrected chi connectivity index (χ1v) is 5.58. The second-order valence-corrected chi connectivity index (χ2v) is 4.06. The van der Waals surface area contributed by atoms with Gasteiger partial charge in [0.2, 0.25) is 0 Å². The van der Waals surface area contributed by atoms with E-state index in [9.17, 15) is 8.78 Å². The highest BCUT2D eigenvalue weighted by atomic mass is 19.1. The summed E-state index contributed by atoms with van der Waals surface area (Å²) < 4.78 is 28.9. The van der Waals surface area contributed by atoms with Crippen LogP contribution in [0.2, 0.25) is 0 Å². The van der Waals surface area contributed by atoms with Crippen LogP contribution in [0.1, 0.15) is 17.3 Å². The largest absolute Gasteiger partial charge is 0.312 e. The molecule has 0 spiro atoms. The van der Waals surface area contributed by atoms with Crippen LogP contribution >= 0.6 is 0 Å². The number of likely N-dealkylation sites (N-methyl/N-ethyl adjacent to an activating group) is 1. The number of benzene rings is 1. The molecule has 1 aromatic heterocycles. The van der Waals surface area contributed by atoms with Gasteiger partial charge in [-0.3, -0.25) is 4.68 Å². The van der Waals surface area contributed by atoms with Gasteiger partial charge >= 0.3 is 0 Å². The molecule has 96 valence electrons. The van der Waals surface area contributed by atoms with E-state index < -0.39 is 17.7 Å². The van der Waals surface area contributed by atoms with Crippen LogP contribution in [0.3, 0.4) is 0 Å². The van der Waals surface area contributed by atoms with E-state index in [0.29, 0.717) is 12.1 Å². The van der Waals surface area contributed by atoms with Crippen molar-refractivity contribution in [3.05, 3.63) is 47.3 Å². The van der Waals surface area contributed by atoms with Gasteiger partial charge < -0.3 is 5.32 Å². The quantitative estimate of drug-likeness (QED) is 0.898. The first kappa shape index (κ1) is 12.6. The lowest BCUT2D eigenvalue weighted by Gasteiger charge is -2.16. The number of halogens is 2. The Morgan fingerprint density at radius 2 is 2.00 bits per heavy atom. The van der Waals surface area contributed by atoms with Gasteiger partial charge in [0, 0.05) is 31.3 Å². The van der Waals surface area contributed by atoms with Crippen molar-refractivity contribution in [3.63, 3.8) is 0 Å². The molecule has 0 aliphatic carbocycles. The Kier molecular flexibility index (Phi) is 3.66. The van der Waals surface area contributed by atoms with Gasteiger partial charge in [-0.05, 0) is 19.2 Å². The summed E-state index contributed by atoms with van der Waals surface area (Å²) in [7, 11) is 3.40. The van der Waals surface area contributed by atoms with E-state index in [4.69, 9.17) is 0 Å². The van der Waals surface area contributed by atoms with Crippen LogP contribution in [0.15, 0.2) is 24.4 Å². The molecule has 0 fully saturated rings. The average Bonchev–Trinajstić information content (AvgIpc) is 2.73. The average molecular weight is 252 g/mol. The molecule has 0 saturated carbocycles. The first-order chi connectivity index (χ1) is 8.61. The Hall–Kier alpha value is -1.82. The summed E-state index contributed by atoms with van der Waals surface area (Å²) in [4.78, 5) is 0. The standard InChI is InChI=1S/C12H14F2N4/c1-15-11(6-8-7-18(2)17-16-8)12-9(13)4-3-5-10(12)14/h3-5,7,11,15H,6H2,1-2H3. The van der Waals surface area contributed by atoms with Crippen molar-refractivity contribution in [2.75, 3.05) is 7.05 Å². The lowest BCUT2D eigenvalue weighted by molar-refractivity contribution is 0.486. The number of nitrogens with one attached hydrogen (secondary N) is 1. The minimum Gasteiger partial charge on any atom is -0.312 e. The molecule has 1 aromatic carbocycles. The zero-order chi connectivity index (χ0) is 13.1. The highest BCUT2D eigenvalue weighted by Crippen LogP contribution is 2.23. The fraction of sp³-hybridized carbons (Fsp3) is 0.333. The van der Waals surface area contributed by atoms with Gasteiger partial charge in [0.15, 0.2) is 0 Å². The van der Waals surface area contributed by atoms with Crippen LogP contribution in [0.25, 0.3) is 0 Å². The van der Waals surface area contributed by atoms with Crippen LogP contribution in [0.5, 0.6) is 0 Å². The second kappa shape index (κ2) is 5.22. The number of hydrogen-bond donors (Lipinski definition) is 1. The molecular weight excluding hydrogens is 238 g/mol. The van der Waals surface area contributed by atoms with E-state index in [2.05, 4.69) is 15.6 Å². The summed E-state index contributed by atoms with van der Waals surface area (Å²) in [6.45, 7) is 0. The normalized spacial score (nSPS) is 12.7. The zero-order valence-corrected chi connectivity index (χ0v) is 10.2. The van der Waals surface area contributed by atoms with Crippen molar-refractivity contribution in [1.29, 1.82) is 0 Å². The second-order valence-electron chi connectivity index (χ2n) is 4.06. The minimum atomic E-state index is -0.557. The maximum atomic E-state index is 13.7. The van der Waals surface area contributed by atoms with Crippen molar-refractivity contribution in [2.45, 2.75) is 12.5 Å². The van der Waals surface area contributed by atoms with E-state index in [0.717, 1.165) is 0 Å². The first-order valence-electron chi connectivity index (χ1n) is 5.58. The van der Waals surface area contributed by atoms with Crippen LogP contribution in [-0.2, 0) is 13.5 Å². The highest BCUT2D eigenvalue weighted by Gasteiger charge is 2.20. The van der Waals surface area contributed by atoms with E-state index in [-0.39, 0.29) is 5.56 Å². The number of aryl methyl sites for hydroxylation is 1. The fourth-order valence-corrected chi connectivity index (χ4v) is 1.89. The Bertz CT molecular complexity index is 518. The van der Waals surface area contributed by atoms with Gasteiger partial charge in [-0.2, -0.15) is 0 Å². The summed E-state index contributed by atoms with van der Waals surface area (Å²) >= 11 is 0. The molecule has 0 radical (unpaired) electrons. The summed E-state index contributed by atoms with van der Waals surface area (Å²) in [5, 5.41) is 10.6. The van der Waals surface area contributed by atoms with Gasteiger partial charge in [-0.1, -0.05) is 11.3 Å².